The molecule has 0 aliphatic rings. The van der Waals surface area contributed by atoms with Crippen LogP contribution in [0.25, 0.3) is 0 Å². The van der Waals surface area contributed by atoms with Gasteiger partial charge in [-0.2, -0.15) is 0 Å². The van der Waals surface area contributed by atoms with Crippen LogP contribution in [0.5, 0.6) is 0 Å². The molecule has 1 N–H and O–H groups in total. The summed E-state index contributed by atoms with van der Waals surface area (Å²) < 4.78 is 0.947. The molecule has 0 fully saturated rings. The number of hydrogen-bond donors (Lipinski definition) is 1. The second kappa shape index (κ2) is 5.51. The van der Waals surface area contributed by atoms with Crippen LogP contribution in [0.2, 0.25) is 0 Å². The van der Waals surface area contributed by atoms with Gasteiger partial charge in [0.2, 0.25) is 5.91 Å². The zero-order chi connectivity index (χ0) is 10.6. The molecule has 14 heavy (non-hydrogen) atoms. The monoisotopic (exact) mass is 319 g/mol. The molecule has 0 aromatic heterocycles. The average molecular weight is 321 g/mol. The van der Waals surface area contributed by atoms with E-state index in [1.165, 1.54) is 0 Å². The largest absolute Gasteiger partial charge is 0.325 e. The van der Waals surface area contributed by atoms with Crippen LogP contribution in [-0.2, 0) is 4.79 Å². The average Bonchev–Trinajstić information content (AvgIpc) is 2.13. The Kier molecular flexibility index (Phi) is 4.62. The molecule has 1 rings (SSSR count). The SMILES string of the molecule is Cc1cccc(NC(=O)CCBr)c1Br. The van der Waals surface area contributed by atoms with E-state index in [1.807, 2.05) is 25.1 Å². The summed E-state index contributed by atoms with van der Waals surface area (Å²) >= 11 is 6.66. The van der Waals surface area contributed by atoms with Gasteiger partial charge in [0.1, 0.15) is 0 Å². The molecule has 0 aliphatic heterocycles. The Bertz CT molecular complexity index is 339. The Balaban J connectivity index is 2.76. The summed E-state index contributed by atoms with van der Waals surface area (Å²) in [5, 5.41) is 3.52. The highest BCUT2D eigenvalue weighted by molar-refractivity contribution is 9.10. The van der Waals surface area contributed by atoms with Crippen molar-refractivity contribution in [2.45, 2.75) is 13.3 Å². The number of amides is 1. The smallest absolute Gasteiger partial charge is 0.225 e. The van der Waals surface area contributed by atoms with Crippen molar-refractivity contribution in [3.8, 4) is 0 Å². The third-order valence-electron chi connectivity index (χ3n) is 1.79. The van der Waals surface area contributed by atoms with Gasteiger partial charge in [0.15, 0.2) is 0 Å². The molecule has 0 heterocycles. The van der Waals surface area contributed by atoms with Gasteiger partial charge < -0.3 is 5.32 Å². The van der Waals surface area contributed by atoms with Gasteiger partial charge >= 0.3 is 0 Å². The minimum Gasteiger partial charge on any atom is -0.325 e. The number of alkyl halides is 1. The number of carbonyl (C=O) groups is 1. The highest BCUT2D eigenvalue weighted by atomic mass is 79.9. The minimum absolute atomic E-state index is 0.0215. The summed E-state index contributed by atoms with van der Waals surface area (Å²) in [6.07, 6.45) is 0.486. The number of rotatable bonds is 3. The van der Waals surface area contributed by atoms with Gasteiger partial charge in [-0.05, 0) is 34.5 Å². The topological polar surface area (TPSA) is 29.1 Å². The van der Waals surface area contributed by atoms with Crippen LogP contribution in [0.15, 0.2) is 22.7 Å². The molecule has 0 radical (unpaired) electrons. The van der Waals surface area contributed by atoms with Crippen LogP contribution in [0.4, 0.5) is 5.69 Å². The summed E-state index contributed by atoms with van der Waals surface area (Å²) in [5.41, 5.74) is 1.94. The standard InChI is InChI=1S/C10H11Br2NO/c1-7-3-2-4-8(10(7)12)13-9(14)5-6-11/h2-4H,5-6H2,1H3,(H,13,14). The molecule has 0 unspecified atom stereocenters. The first-order valence-electron chi connectivity index (χ1n) is 4.26. The normalized spacial score (nSPS) is 9.93. The summed E-state index contributed by atoms with van der Waals surface area (Å²) in [6.45, 7) is 1.99. The van der Waals surface area contributed by atoms with Gasteiger partial charge in [-0.25, -0.2) is 0 Å². The maximum atomic E-state index is 11.3. The van der Waals surface area contributed by atoms with Crippen LogP contribution in [0.3, 0.4) is 0 Å². The maximum Gasteiger partial charge on any atom is 0.225 e. The van der Waals surface area contributed by atoms with Crippen molar-refractivity contribution in [3.05, 3.63) is 28.2 Å². The fourth-order valence-electron chi connectivity index (χ4n) is 1.04. The van der Waals surface area contributed by atoms with E-state index in [2.05, 4.69) is 37.2 Å². The zero-order valence-corrected chi connectivity index (χ0v) is 11.0. The fourth-order valence-corrected chi connectivity index (χ4v) is 1.77. The van der Waals surface area contributed by atoms with E-state index in [-0.39, 0.29) is 5.91 Å². The first-order valence-corrected chi connectivity index (χ1v) is 6.17. The molecule has 1 aromatic rings. The third-order valence-corrected chi connectivity index (χ3v) is 3.24. The van der Waals surface area contributed by atoms with Gasteiger partial charge in [-0.1, -0.05) is 28.1 Å². The molecule has 2 nitrogen and oxygen atoms in total. The number of carbonyl (C=O) groups excluding carboxylic acids is 1. The van der Waals surface area contributed by atoms with E-state index < -0.39 is 0 Å². The number of halogens is 2. The third kappa shape index (κ3) is 3.10. The Hall–Kier alpha value is -0.350. The summed E-state index contributed by atoms with van der Waals surface area (Å²) in [5.74, 6) is 0.0215. The van der Waals surface area contributed by atoms with Crippen molar-refractivity contribution < 1.29 is 4.79 Å². The highest BCUT2D eigenvalue weighted by Gasteiger charge is 2.05. The van der Waals surface area contributed by atoms with Gasteiger partial charge in [0.25, 0.3) is 0 Å². The molecule has 76 valence electrons. The van der Waals surface area contributed by atoms with E-state index in [1.54, 1.807) is 0 Å². The van der Waals surface area contributed by atoms with E-state index in [4.69, 9.17) is 0 Å². The van der Waals surface area contributed by atoms with Crippen LogP contribution >= 0.6 is 31.9 Å². The van der Waals surface area contributed by atoms with E-state index in [9.17, 15) is 4.79 Å². The van der Waals surface area contributed by atoms with Crippen LogP contribution in [0.1, 0.15) is 12.0 Å². The van der Waals surface area contributed by atoms with Crippen molar-refractivity contribution in [1.29, 1.82) is 0 Å². The number of benzene rings is 1. The lowest BCUT2D eigenvalue weighted by atomic mass is 10.2. The molecule has 0 aliphatic carbocycles. The van der Waals surface area contributed by atoms with Gasteiger partial charge in [0.05, 0.1) is 5.69 Å². The van der Waals surface area contributed by atoms with Gasteiger partial charge in [-0.15, -0.1) is 0 Å². The van der Waals surface area contributed by atoms with Crippen molar-refractivity contribution in [3.63, 3.8) is 0 Å². The molecule has 0 saturated carbocycles. The van der Waals surface area contributed by atoms with Crippen molar-refractivity contribution in [1.82, 2.24) is 0 Å². The second-order valence-corrected chi connectivity index (χ2v) is 4.51. The number of nitrogens with one attached hydrogen (secondary N) is 1. The molecule has 0 saturated heterocycles. The molecule has 0 bridgehead atoms. The van der Waals surface area contributed by atoms with Crippen LogP contribution < -0.4 is 5.32 Å². The number of aryl methyl sites for hydroxylation is 1. The Morgan fingerprint density at radius 1 is 1.50 bits per heavy atom. The van der Waals surface area contributed by atoms with E-state index in [0.29, 0.717) is 11.8 Å². The fraction of sp³-hybridized carbons (Fsp3) is 0.300. The van der Waals surface area contributed by atoms with E-state index in [0.717, 1.165) is 15.7 Å². The molecule has 4 heteroatoms. The van der Waals surface area contributed by atoms with Crippen molar-refractivity contribution in [2.75, 3.05) is 10.6 Å². The predicted molar refractivity (Wildman–Crippen MR) is 65.9 cm³/mol. The molecular formula is C10H11Br2NO. The molecule has 1 amide bonds. The summed E-state index contributed by atoms with van der Waals surface area (Å²) in [7, 11) is 0. The Morgan fingerprint density at radius 3 is 2.86 bits per heavy atom. The lowest BCUT2D eigenvalue weighted by molar-refractivity contribution is -0.115. The molecule has 1 aromatic carbocycles. The lowest BCUT2D eigenvalue weighted by Gasteiger charge is -2.08. The Morgan fingerprint density at radius 2 is 2.21 bits per heavy atom. The Labute approximate surface area is 100 Å². The molecular weight excluding hydrogens is 310 g/mol. The quantitative estimate of drug-likeness (QED) is 0.849. The molecule has 0 atom stereocenters. The van der Waals surface area contributed by atoms with Crippen LogP contribution in [0, 0.1) is 6.92 Å². The lowest BCUT2D eigenvalue weighted by Crippen LogP contribution is -2.12. The molecule has 0 spiro atoms. The first-order chi connectivity index (χ1) is 6.65. The van der Waals surface area contributed by atoms with Crippen molar-refractivity contribution >= 4 is 43.5 Å². The zero-order valence-electron chi connectivity index (χ0n) is 7.81. The highest BCUT2D eigenvalue weighted by Crippen LogP contribution is 2.25. The van der Waals surface area contributed by atoms with Gasteiger partial charge in [0, 0.05) is 16.2 Å². The summed E-state index contributed by atoms with van der Waals surface area (Å²) in [4.78, 5) is 11.3. The minimum atomic E-state index is 0.0215. The van der Waals surface area contributed by atoms with Crippen LogP contribution in [-0.4, -0.2) is 11.2 Å². The van der Waals surface area contributed by atoms with E-state index >= 15 is 0 Å². The maximum absolute atomic E-state index is 11.3. The second-order valence-electron chi connectivity index (χ2n) is 2.92. The van der Waals surface area contributed by atoms with Crippen molar-refractivity contribution in [2.24, 2.45) is 0 Å². The predicted octanol–water partition coefficient (Wildman–Crippen LogP) is 3.48. The summed E-state index contributed by atoms with van der Waals surface area (Å²) in [6, 6.07) is 5.79. The number of anilines is 1. The number of hydrogen-bond acceptors (Lipinski definition) is 1. The first kappa shape index (κ1) is 11.7. The van der Waals surface area contributed by atoms with Gasteiger partial charge in [-0.3, -0.25) is 4.79 Å².